The van der Waals surface area contributed by atoms with E-state index in [1.54, 1.807) is 0 Å². The Morgan fingerprint density at radius 3 is 2.50 bits per heavy atom. The fourth-order valence-electron chi connectivity index (χ4n) is 4.46. The molecule has 9 heteroatoms. The third kappa shape index (κ3) is 4.41. The highest BCUT2D eigenvalue weighted by Gasteiger charge is 2.27. The van der Waals surface area contributed by atoms with Gasteiger partial charge >= 0.3 is 0 Å². The Labute approximate surface area is 192 Å². The summed E-state index contributed by atoms with van der Waals surface area (Å²) in [6.45, 7) is 6.24. The molecule has 170 valence electrons. The molecule has 2 fully saturated rings. The van der Waals surface area contributed by atoms with Crippen molar-refractivity contribution in [1.29, 1.82) is 0 Å². The number of aliphatic hydroxyl groups is 2. The number of halogens is 1. The summed E-state index contributed by atoms with van der Waals surface area (Å²) in [6, 6.07) is 10.1. The number of aryl methyl sites for hydroxylation is 1. The van der Waals surface area contributed by atoms with Crippen LogP contribution in [0.4, 0.5) is 11.7 Å². The van der Waals surface area contributed by atoms with Crippen LogP contribution in [0.25, 0.3) is 11.2 Å². The number of piperazine rings is 1. The molecule has 1 unspecified atom stereocenters. The number of aliphatic hydroxyl groups excluding tert-OH is 2. The molecule has 1 aromatic carbocycles. The second kappa shape index (κ2) is 8.86. The van der Waals surface area contributed by atoms with Gasteiger partial charge in [-0.1, -0.05) is 11.6 Å². The summed E-state index contributed by atoms with van der Waals surface area (Å²) in [5, 5.41) is 21.5. The minimum absolute atomic E-state index is 0.229. The van der Waals surface area contributed by atoms with Crippen molar-refractivity contribution in [1.82, 2.24) is 14.9 Å². The molecule has 0 saturated carbocycles. The van der Waals surface area contributed by atoms with Gasteiger partial charge in [-0.3, -0.25) is 4.90 Å². The molecule has 0 spiro atoms. The monoisotopic (exact) mass is 457 g/mol. The van der Waals surface area contributed by atoms with E-state index in [1.807, 2.05) is 42.2 Å². The highest BCUT2D eigenvalue weighted by Crippen LogP contribution is 2.30. The van der Waals surface area contributed by atoms with Crippen molar-refractivity contribution in [3.05, 3.63) is 46.6 Å². The maximum atomic E-state index is 11.1. The average Bonchev–Trinajstić information content (AvgIpc) is 3.22. The minimum atomic E-state index is -0.738. The number of pyridine rings is 1. The first-order chi connectivity index (χ1) is 15.5. The molecule has 0 radical (unpaired) electrons. The van der Waals surface area contributed by atoms with Crippen molar-refractivity contribution < 1.29 is 14.6 Å². The van der Waals surface area contributed by atoms with Crippen molar-refractivity contribution in [2.45, 2.75) is 32.1 Å². The Kier molecular flexibility index (Phi) is 5.94. The van der Waals surface area contributed by atoms with Crippen LogP contribution < -0.4 is 9.80 Å². The van der Waals surface area contributed by atoms with E-state index in [0.717, 1.165) is 42.9 Å². The predicted molar refractivity (Wildman–Crippen MR) is 124 cm³/mol. The second-order valence-corrected chi connectivity index (χ2v) is 9.06. The van der Waals surface area contributed by atoms with E-state index in [0.29, 0.717) is 48.4 Å². The van der Waals surface area contributed by atoms with Crippen LogP contribution in [0.5, 0.6) is 0 Å². The van der Waals surface area contributed by atoms with E-state index >= 15 is 0 Å². The van der Waals surface area contributed by atoms with Crippen molar-refractivity contribution in [2.24, 2.45) is 0 Å². The van der Waals surface area contributed by atoms with Crippen molar-refractivity contribution in [3.8, 4) is 0 Å². The molecule has 5 rings (SSSR count). The molecular weight excluding hydrogens is 430 g/mol. The smallest absolute Gasteiger partial charge is 0.300 e. The van der Waals surface area contributed by atoms with Crippen LogP contribution in [0.15, 0.2) is 34.7 Å². The maximum absolute atomic E-state index is 11.1. The summed E-state index contributed by atoms with van der Waals surface area (Å²) in [5.74, 6) is 0. The number of aromatic nitrogens is 2. The molecule has 8 nitrogen and oxygen atoms in total. The Bertz CT molecular complexity index is 1090. The number of hydrogen-bond donors (Lipinski definition) is 2. The first-order valence-corrected chi connectivity index (χ1v) is 11.5. The summed E-state index contributed by atoms with van der Waals surface area (Å²) in [5.41, 5.74) is 4.00. The lowest BCUT2D eigenvalue weighted by molar-refractivity contribution is -0.00206. The molecular formula is C23H28ClN5O3. The average molecular weight is 458 g/mol. The topological polar surface area (TPSA) is 89.1 Å². The van der Waals surface area contributed by atoms with Crippen LogP contribution in [-0.4, -0.2) is 70.5 Å². The summed E-state index contributed by atoms with van der Waals surface area (Å²) < 4.78 is 5.88. The van der Waals surface area contributed by atoms with Gasteiger partial charge in [0.1, 0.15) is 6.23 Å². The Balaban J connectivity index is 1.26. The van der Waals surface area contributed by atoms with Crippen molar-refractivity contribution >= 4 is 34.5 Å². The summed E-state index contributed by atoms with van der Waals surface area (Å²) in [4.78, 5) is 15.3. The largest absolute Gasteiger partial charge is 0.422 e. The molecule has 2 aromatic heterocycles. The molecule has 4 heterocycles. The number of oxazole rings is 1. The Morgan fingerprint density at radius 2 is 1.75 bits per heavy atom. The Morgan fingerprint density at radius 1 is 1.00 bits per heavy atom. The zero-order valence-corrected chi connectivity index (χ0v) is 18.9. The number of fused-ring (bicyclic) bond motifs is 1. The lowest BCUT2D eigenvalue weighted by atomic mass is 10.1. The fourth-order valence-corrected chi connectivity index (χ4v) is 4.70. The molecule has 3 aromatic rings. The minimum Gasteiger partial charge on any atom is -0.422 e. The maximum Gasteiger partial charge on any atom is 0.300 e. The quantitative estimate of drug-likeness (QED) is 0.618. The van der Waals surface area contributed by atoms with Gasteiger partial charge in [-0.15, -0.1) is 0 Å². The van der Waals surface area contributed by atoms with Gasteiger partial charge in [-0.25, -0.2) is 4.98 Å². The molecule has 2 saturated heterocycles. The van der Waals surface area contributed by atoms with Gasteiger partial charge in [-0.05, 0) is 55.7 Å². The van der Waals surface area contributed by atoms with E-state index in [4.69, 9.17) is 16.0 Å². The lowest BCUT2D eigenvalue weighted by Gasteiger charge is -2.37. The number of piperidine rings is 1. The normalized spacial score (nSPS) is 19.6. The summed E-state index contributed by atoms with van der Waals surface area (Å²) in [7, 11) is 0. The zero-order chi connectivity index (χ0) is 22.2. The van der Waals surface area contributed by atoms with Gasteiger partial charge in [0.2, 0.25) is 5.65 Å². The SMILES string of the molecule is Cc1ccc2oc(N3CCN(C(O)c4cc(Cl)cc(N5CCC(O)CC5)c4)CC3)nc2n1. The van der Waals surface area contributed by atoms with Gasteiger partial charge in [0.15, 0.2) is 5.58 Å². The number of anilines is 2. The second-order valence-electron chi connectivity index (χ2n) is 8.63. The Hall–Kier alpha value is -2.39. The van der Waals surface area contributed by atoms with Crippen LogP contribution in [0.2, 0.25) is 5.02 Å². The van der Waals surface area contributed by atoms with Gasteiger partial charge in [0.05, 0.1) is 6.10 Å². The molecule has 2 aliphatic heterocycles. The van der Waals surface area contributed by atoms with Gasteiger partial charge in [0.25, 0.3) is 6.01 Å². The predicted octanol–water partition coefficient (Wildman–Crippen LogP) is 2.96. The number of benzene rings is 1. The van der Waals surface area contributed by atoms with Crippen molar-refractivity contribution in [3.63, 3.8) is 0 Å². The van der Waals surface area contributed by atoms with Gasteiger partial charge in [-0.2, -0.15) is 4.98 Å². The standard InChI is InChI=1S/C23H28ClN5O3/c1-15-2-3-20-21(25-15)26-23(32-20)29-10-8-28(9-11-29)22(31)16-12-17(24)14-18(13-16)27-6-4-19(30)5-7-27/h2-3,12-14,19,22,30-31H,4-11H2,1H3. The molecule has 0 amide bonds. The fraction of sp³-hybridized carbons (Fsp3) is 0.478. The molecule has 2 aliphatic rings. The summed E-state index contributed by atoms with van der Waals surface area (Å²) >= 11 is 6.39. The first-order valence-electron chi connectivity index (χ1n) is 11.1. The van der Waals surface area contributed by atoms with Crippen LogP contribution in [0.1, 0.15) is 30.3 Å². The molecule has 32 heavy (non-hydrogen) atoms. The number of rotatable bonds is 4. The van der Waals surface area contributed by atoms with Crippen LogP contribution in [0, 0.1) is 6.92 Å². The van der Waals surface area contributed by atoms with E-state index < -0.39 is 6.23 Å². The highest BCUT2D eigenvalue weighted by atomic mass is 35.5. The lowest BCUT2D eigenvalue weighted by Crippen LogP contribution is -2.47. The van der Waals surface area contributed by atoms with E-state index in [-0.39, 0.29) is 6.10 Å². The van der Waals surface area contributed by atoms with E-state index in [9.17, 15) is 10.2 Å². The van der Waals surface area contributed by atoms with Crippen LogP contribution in [0.3, 0.4) is 0 Å². The molecule has 1 atom stereocenters. The highest BCUT2D eigenvalue weighted by molar-refractivity contribution is 6.30. The number of hydrogen-bond acceptors (Lipinski definition) is 8. The first kappa shape index (κ1) is 21.5. The van der Waals surface area contributed by atoms with Crippen molar-refractivity contribution in [2.75, 3.05) is 49.1 Å². The molecule has 0 bridgehead atoms. The van der Waals surface area contributed by atoms with E-state index in [1.165, 1.54) is 0 Å². The third-order valence-corrected chi connectivity index (χ3v) is 6.56. The van der Waals surface area contributed by atoms with Gasteiger partial charge in [0, 0.05) is 55.7 Å². The number of nitrogens with zero attached hydrogens (tertiary/aromatic N) is 5. The zero-order valence-electron chi connectivity index (χ0n) is 18.1. The third-order valence-electron chi connectivity index (χ3n) is 6.34. The van der Waals surface area contributed by atoms with Crippen LogP contribution in [-0.2, 0) is 0 Å². The molecule has 0 aliphatic carbocycles. The summed E-state index contributed by atoms with van der Waals surface area (Å²) in [6.07, 6.45) is 0.528. The van der Waals surface area contributed by atoms with Crippen LogP contribution >= 0.6 is 11.6 Å². The van der Waals surface area contributed by atoms with Gasteiger partial charge < -0.3 is 24.4 Å². The molecule has 2 N–H and O–H groups in total. The van der Waals surface area contributed by atoms with E-state index in [2.05, 4.69) is 19.8 Å².